The zero-order chi connectivity index (χ0) is 18.9. The number of furan rings is 1. The molecule has 142 valence electrons. The Kier molecular flexibility index (Phi) is 5.05. The predicted molar refractivity (Wildman–Crippen MR) is 98.8 cm³/mol. The van der Waals surface area contributed by atoms with Gasteiger partial charge in [0.2, 0.25) is 15.8 Å². The Morgan fingerprint density at radius 2 is 1.93 bits per heavy atom. The summed E-state index contributed by atoms with van der Waals surface area (Å²) >= 11 is 5.93. The van der Waals surface area contributed by atoms with Gasteiger partial charge in [-0.3, -0.25) is 0 Å². The standard InChI is InChI=1S/C18H18ClN3O4S/c19-14-3-1-4-16(11-14)27(23,24)22-8-6-21(7-9-22)13-15-12-18(26-20-15)17-5-2-10-25-17/h1-5,10-12H,6-9,13H2/p+1. The smallest absolute Gasteiger partial charge is 0.243 e. The third-order valence-electron chi connectivity index (χ3n) is 4.62. The number of quaternary nitrogens is 1. The number of hydrogen-bond acceptors (Lipinski definition) is 5. The molecule has 1 N–H and O–H groups in total. The normalized spacial score (nSPS) is 16.6. The lowest BCUT2D eigenvalue weighted by Gasteiger charge is -2.31. The summed E-state index contributed by atoms with van der Waals surface area (Å²) in [4.78, 5) is 1.49. The van der Waals surface area contributed by atoms with E-state index >= 15 is 0 Å². The Morgan fingerprint density at radius 1 is 1.11 bits per heavy atom. The minimum Gasteiger partial charge on any atom is -0.461 e. The number of hydrogen-bond donors (Lipinski definition) is 1. The van der Waals surface area contributed by atoms with E-state index in [-0.39, 0.29) is 4.90 Å². The topological polar surface area (TPSA) is 81.0 Å². The van der Waals surface area contributed by atoms with Gasteiger partial charge < -0.3 is 13.8 Å². The molecule has 9 heteroatoms. The Balaban J connectivity index is 1.38. The summed E-state index contributed by atoms with van der Waals surface area (Å²) < 4.78 is 37.7. The third kappa shape index (κ3) is 3.93. The fourth-order valence-corrected chi connectivity index (χ4v) is 4.93. The molecule has 1 aliphatic heterocycles. The second-order valence-electron chi connectivity index (χ2n) is 6.45. The molecule has 4 rings (SSSR count). The van der Waals surface area contributed by atoms with Gasteiger partial charge in [-0.15, -0.1) is 0 Å². The molecule has 1 saturated heterocycles. The molecule has 1 aliphatic rings. The average Bonchev–Trinajstić information content (AvgIpc) is 3.34. The zero-order valence-corrected chi connectivity index (χ0v) is 16.0. The van der Waals surface area contributed by atoms with Crippen LogP contribution in [0.5, 0.6) is 0 Å². The third-order valence-corrected chi connectivity index (χ3v) is 6.75. The van der Waals surface area contributed by atoms with E-state index in [1.165, 1.54) is 15.3 Å². The molecule has 0 radical (unpaired) electrons. The summed E-state index contributed by atoms with van der Waals surface area (Å²) in [5, 5.41) is 4.50. The summed E-state index contributed by atoms with van der Waals surface area (Å²) in [6, 6.07) is 11.9. The van der Waals surface area contributed by atoms with Crippen molar-refractivity contribution in [2.24, 2.45) is 0 Å². The monoisotopic (exact) mass is 408 g/mol. The average molecular weight is 409 g/mol. The van der Waals surface area contributed by atoms with E-state index in [9.17, 15) is 8.42 Å². The van der Waals surface area contributed by atoms with Crippen molar-refractivity contribution in [3.8, 4) is 11.5 Å². The summed E-state index contributed by atoms with van der Waals surface area (Å²) in [5.74, 6) is 1.23. The van der Waals surface area contributed by atoms with Gasteiger partial charge in [-0.2, -0.15) is 4.31 Å². The molecule has 3 heterocycles. The van der Waals surface area contributed by atoms with Crippen LogP contribution in [0, 0.1) is 0 Å². The molecule has 7 nitrogen and oxygen atoms in total. The molecular formula is C18H19ClN3O4S+. The van der Waals surface area contributed by atoms with E-state index in [4.69, 9.17) is 20.5 Å². The molecular weight excluding hydrogens is 390 g/mol. The lowest BCUT2D eigenvalue weighted by atomic mass is 10.3. The quantitative estimate of drug-likeness (QED) is 0.694. The number of piperazine rings is 1. The van der Waals surface area contributed by atoms with Crippen LogP contribution in [0.1, 0.15) is 5.69 Å². The van der Waals surface area contributed by atoms with Gasteiger partial charge in [-0.05, 0) is 30.3 Å². The fraction of sp³-hybridized carbons (Fsp3) is 0.278. The number of aromatic nitrogens is 1. The molecule has 2 aromatic heterocycles. The molecule has 1 fully saturated rings. The summed E-state index contributed by atoms with van der Waals surface area (Å²) in [6.45, 7) is 2.97. The first-order valence-electron chi connectivity index (χ1n) is 8.61. The molecule has 3 aromatic rings. The van der Waals surface area contributed by atoms with Gasteiger partial charge in [-0.1, -0.05) is 22.8 Å². The molecule has 0 spiro atoms. The van der Waals surface area contributed by atoms with Crippen molar-refractivity contribution < 1.29 is 22.3 Å². The maximum absolute atomic E-state index is 12.8. The lowest BCUT2D eigenvalue weighted by molar-refractivity contribution is -0.917. The van der Waals surface area contributed by atoms with Gasteiger partial charge in [0.1, 0.15) is 12.2 Å². The second kappa shape index (κ2) is 7.47. The summed E-state index contributed by atoms with van der Waals surface area (Å²) in [7, 11) is -3.52. The van der Waals surface area contributed by atoms with Crippen molar-refractivity contribution in [1.82, 2.24) is 9.46 Å². The minimum absolute atomic E-state index is 0.234. The van der Waals surface area contributed by atoms with Crippen LogP contribution < -0.4 is 4.90 Å². The number of nitrogens with zero attached hydrogens (tertiary/aromatic N) is 2. The molecule has 0 bridgehead atoms. The molecule has 0 aliphatic carbocycles. The van der Waals surface area contributed by atoms with E-state index in [1.807, 2.05) is 12.1 Å². The van der Waals surface area contributed by atoms with E-state index in [0.29, 0.717) is 49.3 Å². The highest BCUT2D eigenvalue weighted by Crippen LogP contribution is 2.21. The van der Waals surface area contributed by atoms with Crippen molar-refractivity contribution in [2.45, 2.75) is 11.4 Å². The number of halogens is 1. The van der Waals surface area contributed by atoms with E-state index in [2.05, 4.69) is 5.16 Å². The molecule has 0 saturated carbocycles. The van der Waals surface area contributed by atoms with Crippen LogP contribution in [-0.4, -0.2) is 44.1 Å². The first-order valence-corrected chi connectivity index (χ1v) is 10.4. The molecule has 27 heavy (non-hydrogen) atoms. The number of nitrogens with one attached hydrogen (secondary N) is 1. The predicted octanol–water partition coefficient (Wildman–Crippen LogP) is 1.68. The van der Waals surface area contributed by atoms with Gasteiger partial charge >= 0.3 is 0 Å². The van der Waals surface area contributed by atoms with Crippen molar-refractivity contribution in [3.05, 3.63) is 59.4 Å². The highest BCUT2D eigenvalue weighted by atomic mass is 35.5. The first-order chi connectivity index (χ1) is 13.0. The van der Waals surface area contributed by atoms with Crippen LogP contribution in [0.25, 0.3) is 11.5 Å². The highest BCUT2D eigenvalue weighted by molar-refractivity contribution is 7.89. The van der Waals surface area contributed by atoms with Gasteiger partial charge in [0.15, 0.2) is 5.76 Å². The molecule has 0 amide bonds. The lowest BCUT2D eigenvalue weighted by Crippen LogP contribution is -3.13. The van der Waals surface area contributed by atoms with E-state index in [0.717, 1.165) is 5.69 Å². The largest absolute Gasteiger partial charge is 0.461 e. The van der Waals surface area contributed by atoms with Crippen molar-refractivity contribution >= 4 is 21.6 Å². The molecule has 0 unspecified atom stereocenters. The zero-order valence-electron chi connectivity index (χ0n) is 14.5. The van der Waals surface area contributed by atoms with Gasteiger partial charge in [0.05, 0.1) is 37.3 Å². The highest BCUT2D eigenvalue weighted by Gasteiger charge is 2.31. The van der Waals surface area contributed by atoms with Crippen LogP contribution in [0.4, 0.5) is 0 Å². The van der Waals surface area contributed by atoms with Gasteiger partial charge in [0, 0.05) is 11.1 Å². The SMILES string of the molecule is O=S(=O)(c1cccc(Cl)c1)N1CC[NH+](Cc2cc(-c3ccco3)on2)CC1. The van der Waals surface area contributed by atoms with Crippen LogP contribution in [0.2, 0.25) is 5.02 Å². The summed E-state index contributed by atoms with van der Waals surface area (Å²) in [5.41, 5.74) is 0.822. The Labute approximate surface area is 162 Å². The maximum Gasteiger partial charge on any atom is 0.243 e. The van der Waals surface area contributed by atoms with Crippen molar-refractivity contribution in [2.75, 3.05) is 26.2 Å². The fourth-order valence-electron chi connectivity index (χ4n) is 3.18. The Hall–Kier alpha value is -2.13. The Morgan fingerprint density at radius 3 is 2.63 bits per heavy atom. The Bertz CT molecular complexity index is 1010. The van der Waals surface area contributed by atoms with Crippen molar-refractivity contribution in [3.63, 3.8) is 0 Å². The van der Waals surface area contributed by atoms with E-state index in [1.54, 1.807) is 30.5 Å². The van der Waals surface area contributed by atoms with Gasteiger partial charge in [-0.25, -0.2) is 8.42 Å². The molecule has 0 atom stereocenters. The number of sulfonamides is 1. The van der Waals surface area contributed by atoms with Crippen LogP contribution in [0.15, 0.2) is 62.6 Å². The maximum atomic E-state index is 12.8. The molecule has 1 aromatic carbocycles. The van der Waals surface area contributed by atoms with Crippen LogP contribution in [-0.2, 0) is 16.6 Å². The van der Waals surface area contributed by atoms with Crippen LogP contribution >= 0.6 is 11.6 Å². The van der Waals surface area contributed by atoms with Gasteiger partial charge in [0.25, 0.3) is 0 Å². The second-order valence-corrected chi connectivity index (χ2v) is 8.82. The number of rotatable bonds is 5. The van der Waals surface area contributed by atoms with Crippen molar-refractivity contribution in [1.29, 1.82) is 0 Å². The first kappa shape index (κ1) is 18.2. The number of benzene rings is 1. The minimum atomic E-state index is -3.52. The van der Waals surface area contributed by atoms with Crippen LogP contribution in [0.3, 0.4) is 0 Å². The summed E-state index contributed by atoms with van der Waals surface area (Å²) in [6.07, 6.45) is 1.59. The van der Waals surface area contributed by atoms with E-state index < -0.39 is 10.0 Å².